The molecule has 0 bridgehead atoms. The average molecular weight is 305 g/mol. The Kier molecular flexibility index (Phi) is 6.47. The summed E-state index contributed by atoms with van der Waals surface area (Å²) in [5, 5.41) is 3.26. The number of benzene rings is 1. The van der Waals surface area contributed by atoms with E-state index in [2.05, 4.69) is 26.1 Å². The molecular formula is C12H18BrFN2O. The van der Waals surface area contributed by atoms with E-state index in [1.54, 1.807) is 12.1 Å². The zero-order chi connectivity index (χ0) is 12.7. The number of hydrogen-bond acceptors (Lipinski definition) is 3. The maximum absolute atomic E-state index is 12.9. The molecule has 1 aromatic rings. The maximum Gasteiger partial charge on any atom is 0.137 e. The van der Waals surface area contributed by atoms with E-state index in [4.69, 9.17) is 4.74 Å². The number of rotatable bonds is 7. The molecule has 5 heteroatoms. The molecule has 0 aliphatic rings. The lowest BCUT2D eigenvalue weighted by Crippen LogP contribution is -2.29. The normalized spacial score (nSPS) is 10.9. The van der Waals surface area contributed by atoms with Crippen LogP contribution in [0.25, 0.3) is 0 Å². The van der Waals surface area contributed by atoms with E-state index in [1.165, 1.54) is 6.07 Å². The summed E-state index contributed by atoms with van der Waals surface area (Å²) in [6.07, 6.45) is 0. The van der Waals surface area contributed by atoms with E-state index in [-0.39, 0.29) is 5.82 Å². The van der Waals surface area contributed by atoms with Crippen LogP contribution in [0.4, 0.5) is 4.39 Å². The van der Waals surface area contributed by atoms with Crippen molar-refractivity contribution in [1.29, 1.82) is 0 Å². The fourth-order valence-electron chi connectivity index (χ4n) is 1.24. The van der Waals surface area contributed by atoms with E-state index in [1.807, 2.05) is 14.1 Å². The van der Waals surface area contributed by atoms with Gasteiger partial charge in [0.2, 0.25) is 0 Å². The fraction of sp³-hybridized carbons (Fsp3) is 0.500. The van der Waals surface area contributed by atoms with Gasteiger partial charge in [0.1, 0.15) is 18.2 Å². The van der Waals surface area contributed by atoms with Crippen LogP contribution >= 0.6 is 15.9 Å². The Bertz CT molecular complexity index is 347. The molecule has 0 saturated heterocycles. The molecule has 0 saturated carbocycles. The molecule has 0 spiro atoms. The molecule has 1 aromatic carbocycles. The second-order valence-electron chi connectivity index (χ2n) is 3.98. The summed E-state index contributed by atoms with van der Waals surface area (Å²) in [6.45, 7) is 3.29. The van der Waals surface area contributed by atoms with Crippen molar-refractivity contribution >= 4 is 15.9 Å². The molecule has 96 valence electrons. The zero-order valence-corrected chi connectivity index (χ0v) is 11.8. The van der Waals surface area contributed by atoms with Gasteiger partial charge in [0.25, 0.3) is 0 Å². The van der Waals surface area contributed by atoms with Crippen LogP contribution in [-0.2, 0) is 0 Å². The number of ether oxygens (including phenoxy) is 1. The smallest absolute Gasteiger partial charge is 0.137 e. The van der Waals surface area contributed by atoms with Crippen LogP contribution in [0.15, 0.2) is 22.7 Å². The highest BCUT2D eigenvalue weighted by Crippen LogP contribution is 2.21. The molecule has 0 unspecified atom stereocenters. The molecule has 0 atom stereocenters. The van der Waals surface area contributed by atoms with Crippen LogP contribution in [0.5, 0.6) is 5.75 Å². The summed E-state index contributed by atoms with van der Waals surface area (Å²) < 4.78 is 18.8. The molecule has 1 N–H and O–H groups in total. The molecule has 0 heterocycles. The Balaban J connectivity index is 2.16. The van der Waals surface area contributed by atoms with E-state index in [0.717, 1.165) is 19.6 Å². The van der Waals surface area contributed by atoms with Crippen LogP contribution in [0.2, 0.25) is 0 Å². The minimum atomic E-state index is -0.276. The number of halogens is 2. The average Bonchev–Trinajstić information content (AvgIpc) is 2.27. The van der Waals surface area contributed by atoms with Crippen LogP contribution in [-0.4, -0.2) is 45.2 Å². The van der Waals surface area contributed by atoms with E-state index in [9.17, 15) is 4.39 Å². The topological polar surface area (TPSA) is 24.5 Å². The lowest BCUT2D eigenvalue weighted by molar-refractivity contribution is 0.308. The van der Waals surface area contributed by atoms with Gasteiger partial charge in [-0.15, -0.1) is 0 Å². The van der Waals surface area contributed by atoms with E-state index in [0.29, 0.717) is 16.8 Å². The van der Waals surface area contributed by atoms with E-state index >= 15 is 0 Å². The number of nitrogens with zero attached hydrogens (tertiary/aromatic N) is 1. The van der Waals surface area contributed by atoms with Crippen LogP contribution < -0.4 is 10.1 Å². The van der Waals surface area contributed by atoms with Crippen LogP contribution in [0.3, 0.4) is 0 Å². The third kappa shape index (κ3) is 6.00. The van der Waals surface area contributed by atoms with Crippen molar-refractivity contribution < 1.29 is 9.13 Å². The summed E-state index contributed by atoms with van der Waals surface area (Å²) in [6, 6.07) is 4.65. The highest BCUT2D eigenvalue weighted by atomic mass is 79.9. The Morgan fingerprint density at radius 3 is 2.76 bits per heavy atom. The minimum Gasteiger partial charge on any atom is -0.492 e. The lowest BCUT2D eigenvalue weighted by atomic mass is 10.3. The molecule has 3 nitrogen and oxygen atoms in total. The fourth-order valence-corrected chi connectivity index (χ4v) is 1.59. The summed E-state index contributed by atoms with van der Waals surface area (Å²) in [7, 11) is 4.07. The van der Waals surface area contributed by atoms with Crippen molar-refractivity contribution in [2.75, 3.05) is 40.3 Å². The van der Waals surface area contributed by atoms with Gasteiger partial charge in [-0.3, -0.25) is 0 Å². The predicted octanol–water partition coefficient (Wildman–Crippen LogP) is 2.12. The molecule has 0 amide bonds. The predicted molar refractivity (Wildman–Crippen MR) is 71.0 cm³/mol. The monoisotopic (exact) mass is 304 g/mol. The lowest BCUT2D eigenvalue weighted by Gasteiger charge is -2.11. The van der Waals surface area contributed by atoms with Crippen molar-refractivity contribution in [3.05, 3.63) is 28.5 Å². The van der Waals surface area contributed by atoms with Gasteiger partial charge in [-0.2, -0.15) is 0 Å². The molecule has 0 aliphatic heterocycles. The van der Waals surface area contributed by atoms with Crippen molar-refractivity contribution in [2.45, 2.75) is 0 Å². The Hall–Kier alpha value is -0.650. The first-order valence-corrected chi connectivity index (χ1v) is 6.32. The molecule has 1 rings (SSSR count). The second-order valence-corrected chi connectivity index (χ2v) is 4.83. The standard InChI is InChI=1S/C12H18BrFN2O/c1-16(2)7-5-15-6-8-17-10-3-4-12(14)11(13)9-10/h3-4,9,15H,5-8H2,1-2H3. The Morgan fingerprint density at radius 1 is 1.35 bits per heavy atom. The third-order valence-electron chi connectivity index (χ3n) is 2.17. The van der Waals surface area contributed by atoms with Gasteiger partial charge in [0.05, 0.1) is 4.47 Å². The number of likely N-dealkylation sites (N-methyl/N-ethyl adjacent to an activating group) is 1. The first kappa shape index (κ1) is 14.4. The van der Waals surface area contributed by atoms with Gasteiger partial charge in [0.15, 0.2) is 0 Å². The number of nitrogens with one attached hydrogen (secondary N) is 1. The summed E-state index contributed by atoms with van der Waals surface area (Å²) in [5.41, 5.74) is 0. The van der Waals surface area contributed by atoms with Crippen molar-refractivity contribution in [3.8, 4) is 5.75 Å². The van der Waals surface area contributed by atoms with Gasteiger partial charge in [-0.05, 0) is 48.2 Å². The molecular weight excluding hydrogens is 287 g/mol. The molecule has 0 fully saturated rings. The summed E-state index contributed by atoms with van der Waals surface area (Å²) in [5.74, 6) is 0.397. The van der Waals surface area contributed by atoms with Gasteiger partial charge < -0.3 is 15.0 Å². The van der Waals surface area contributed by atoms with E-state index < -0.39 is 0 Å². The van der Waals surface area contributed by atoms with Gasteiger partial charge >= 0.3 is 0 Å². The molecule has 0 aliphatic carbocycles. The van der Waals surface area contributed by atoms with Gasteiger partial charge in [-0.1, -0.05) is 0 Å². The highest BCUT2D eigenvalue weighted by Gasteiger charge is 2.00. The Labute approximate surface area is 110 Å². The summed E-state index contributed by atoms with van der Waals surface area (Å²) >= 11 is 3.12. The minimum absolute atomic E-state index is 0.276. The summed E-state index contributed by atoms with van der Waals surface area (Å²) in [4.78, 5) is 2.12. The molecule has 0 aromatic heterocycles. The van der Waals surface area contributed by atoms with Gasteiger partial charge in [0, 0.05) is 19.6 Å². The quantitative estimate of drug-likeness (QED) is 0.781. The molecule has 0 radical (unpaired) electrons. The molecule has 17 heavy (non-hydrogen) atoms. The third-order valence-corrected chi connectivity index (χ3v) is 2.78. The zero-order valence-electron chi connectivity index (χ0n) is 10.2. The van der Waals surface area contributed by atoms with Crippen LogP contribution in [0, 0.1) is 5.82 Å². The highest BCUT2D eigenvalue weighted by molar-refractivity contribution is 9.10. The Morgan fingerprint density at radius 2 is 2.12 bits per heavy atom. The SMILES string of the molecule is CN(C)CCNCCOc1ccc(F)c(Br)c1. The number of hydrogen-bond donors (Lipinski definition) is 1. The largest absolute Gasteiger partial charge is 0.492 e. The van der Waals surface area contributed by atoms with Crippen molar-refractivity contribution in [2.24, 2.45) is 0 Å². The van der Waals surface area contributed by atoms with Crippen molar-refractivity contribution in [3.63, 3.8) is 0 Å². The van der Waals surface area contributed by atoms with Crippen LogP contribution in [0.1, 0.15) is 0 Å². The first-order valence-electron chi connectivity index (χ1n) is 5.53. The second kappa shape index (κ2) is 7.63. The first-order chi connectivity index (χ1) is 8.09. The van der Waals surface area contributed by atoms with Gasteiger partial charge in [-0.25, -0.2) is 4.39 Å². The maximum atomic E-state index is 12.9. The van der Waals surface area contributed by atoms with Crippen molar-refractivity contribution in [1.82, 2.24) is 10.2 Å².